The third-order valence-corrected chi connectivity index (χ3v) is 3.64. The molecule has 5 heteroatoms. The van der Waals surface area contributed by atoms with Crippen LogP contribution >= 0.6 is 11.6 Å². The molecule has 0 fully saturated rings. The van der Waals surface area contributed by atoms with Crippen molar-refractivity contribution in [2.75, 3.05) is 6.23 Å². The molecule has 108 valence electrons. The Morgan fingerprint density at radius 3 is 2.45 bits per heavy atom. The summed E-state index contributed by atoms with van der Waals surface area (Å²) in [5.74, 6) is -0.884. The number of ketones is 1. The fourth-order valence-electron chi connectivity index (χ4n) is 1.43. The zero-order valence-corrected chi connectivity index (χ0v) is 14.0. The first-order valence-corrected chi connectivity index (χ1v) is 10.4. The summed E-state index contributed by atoms with van der Waals surface area (Å²) < 4.78 is 5.23. The van der Waals surface area contributed by atoms with Crippen molar-refractivity contribution in [3.05, 3.63) is 40.4 Å². The minimum Gasteiger partial charge on any atom is -0.466 e. The number of hydrogen-bond acceptors (Lipinski definition) is 3. The second-order valence-corrected chi connectivity index (χ2v) is 11.7. The van der Waals surface area contributed by atoms with Crippen LogP contribution in [0.2, 0.25) is 24.7 Å². The molecule has 0 spiro atoms. The summed E-state index contributed by atoms with van der Waals surface area (Å²) in [6.07, 6.45) is 1.91. The summed E-state index contributed by atoms with van der Waals surface area (Å²) in [4.78, 5) is 23.6. The van der Waals surface area contributed by atoms with Crippen molar-refractivity contribution in [1.29, 1.82) is 0 Å². The van der Waals surface area contributed by atoms with Crippen molar-refractivity contribution in [2.24, 2.45) is 0 Å². The lowest BCUT2D eigenvalue weighted by Gasteiger charge is -2.16. The molecule has 0 bridgehead atoms. The molecule has 0 radical (unpaired) electrons. The molecule has 0 saturated carbocycles. The average molecular weight is 311 g/mol. The molecule has 0 unspecified atom stereocenters. The Hall–Kier alpha value is -1.39. The standard InChI is InChI=1S/C15H19ClO3Si/c1-11(17)14(15(18)19-10-20(2,3)4)9-12-6-5-7-13(16)8-12/h5-9H,10H2,1-4H3. The number of carbonyl (C=O) groups is 2. The molecule has 0 atom stereocenters. The van der Waals surface area contributed by atoms with E-state index in [4.69, 9.17) is 16.3 Å². The lowest BCUT2D eigenvalue weighted by atomic mass is 10.1. The van der Waals surface area contributed by atoms with Crippen molar-refractivity contribution in [1.82, 2.24) is 0 Å². The van der Waals surface area contributed by atoms with Gasteiger partial charge in [-0.3, -0.25) is 4.79 Å². The largest absolute Gasteiger partial charge is 0.466 e. The fraction of sp³-hybridized carbons (Fsp3) is 0.333. The molecule has 0 N–H and O–H groups in total. The summed E-state index contributed by atoms with van der Waals surface area (Å²) in [6, 6.07) is 6.96. The molecule has 0 heterocycles. The number of halogens is 1. The van der Waals surface area contributed by atoms with Crippen LogP contribution in [-0.4, -0.2) is 26.1 Å². The number of hydrogen-bond donors (Lipinski definition) is 0. The van der Waals surface area contributed by atoms with Crippen LogP contribution in [0.25, 0.3) is 6.08 Å². The van der Waals surface area contributed by atoms with Crippen LogP contribution in [0.3, 0.4) is 0 Å². The summed E-state index contributed by atoms with van der Waals surface area (Å²) in [5.41, 5.74) is 0.748. The van der Waals surface area contributed by atoms with Gasteiger partial charge in [0.15, 0.2) is 5.78 Å². The predicted molar refractivity (Wildman–Crippen MR) is 84.4 cm³/mol. The lowest BCUT2D eigenvalue weighted by molar-refractivity contribution is -0.138. The van der Waals surface area contributed by atoms with Crippen LogP contribution in [0.15, 0.2) is 29.8 Å². The van der Waals surface area contributed by atoms with E-state index in [0.717, 1.165) is 0 Å². The molecule has 0 amide bonds. The van der Waals surface area contributed by atoms with E-state index in [2.05, 4.69) is 19.6 Å². The molecule has 3 nitrogen and oxygen atoms in total. The quantitative estimate of drug-likeness (QED) is 0.274. The molecule has 1 aromatic rings. The Labute approximate surface area is 125 Å². The topological polar surface area (TPSA) is 43.4 Å². The van der Waals surface area contributed by atoms with Crippen LogP contribution in [0.1, 0.15) is 12.5 Å². The number of ether oxygens (including phenoxy) is 1. The van der Waals surface area contributed by atoms with E-state index in [1.54, 1.807) is 24.3 Å². The van der Waals surface area contributed by atoms with Crippen molar-refractivity contribution in [3.8, 4) is 0 Å². The minimum absolute atomic E-state index is 0.0468. The molecule has 0 aliphatic heterocycles. The Morgan fingerprint density at radius 1 is 1.30 bits per heavy atom. The average Bonchev–Trinajstić information content (AvgIpc) is 2.32. The van der Waals surface area contributed by atoms with E-state index in [9.17, 15) is 9.59 Å². The van der Waals surface area contributed by atoms with Gasteiger partial charge in [0, 0.05) is 5.02 Å². The zero-order chi connectivity index (χ0) is 15.3. The highest BCUT2D eigenvalue weighted by atomic mass is 35.5. The summed E-state index contributed by atoms with van der Waals surface area (Å²) >= 11 is 5.88. The van der Waals surface area contributed by atoms with Gasteiger partial charge in [-0.05, 0) is 30.7 Å². The second kappa shape index (κ2) is 6.86. The third-order valence-electron chi connectivity index (χ3n) is 2.40. The van der Waals surface area contributed by atoms with Crippen molar-refractivity contribution < 1.29 is 14.3 Å². The summed E-state index contributed by atoms with van der Waals surface area (Å²) in [5, 5.41) is 0.553. The van der Waals surface area contributed by atoms with Gasteiger partial charge in [0.1, 0.15) is 5.57 Å². The normalized spacial score (nSPS) is 12.2. The number of carbonyl (C=O) groups excluding carboxylic acids is 2. The zero-order valence-electron chi connectivity index (χ0n) is 12.2. The third kappa shape index (κ3) is 5.71. The Kier molecular flexibility index (Phi) is 5.71. The highest BCUT2D eigenvalue weighted by Crippen LogP contribution is 2.15. The Balaban J connectivity index is 2.94. The first kappa shape index (κ1) is 16.7. The van der Waals surface area contributed by atoms with Gasteiger partial charge in [0.2, 0.25) is 0 Å². The number of esters is 1. The molecule has 0 aliphatic rings. The summed E-state index contributed by atoms with van der Waals surface area (Å²) in [6.45, 7) is 7.63. The number of benzene rings is 1. The van der Waals surface area contributed by atoms with E-state index in [1.165, 1.54) is 13.0 Å². The molecule has 0 saturated heterocycles. The van der Waals surface area contributed by atoms with Gasteiger partial charge < -0.3 is 4.74 Å². The van der Waals surface area contributed by atoms with Gasteiger partial charge >= 0.3 is 5.97 Å². The molecule has 20 heavy (non-hydrogen) atoms. The van der Waals surface area contributed by atoms with Gasteiger partial charge in [-0.2, -0.15) is 0 Å². The van der Waals surface area contributed by atoms with Crippen LogP contribution < -0.4 is 0 Å². The van der Waals surface area contributed by atoms with E-state index < -0.39 is 14.0 Å². The molecular formula is C15H19ClO3Si. The van der Waals surface area contributed by atoms with Gasteiger partial charge in [-0.1, -0.05) is 43.4 Å². The van der Waals surface area contributed by atoms with Gasteiger partial charge in [-0.15, -0.1) is 0 Å². The first-order chi connectivity index (χ1) is 9.19. The first-order valence-electron chi connectivity index (χ1n) is 6.34. The monoisotopic (exact) mass is 310 g/mol. The maximum atomic E-state index is 12.0. The van der Waals surface area contributed by atoms with Crippen LogP contribution in [0, 0.1) is 0 Å². The van der Waals surface area contributed by atoms with E-state index in [0.29, 0.717) is 16.8 Å². The van der Waals surface area contributed by atoms with Crippen LogP contribution in [0.4, 0.5) is 0 Å². The van der Waals surface area contributed by atoms with Crippen LogP contribution in [-0.2, 0) is 14.3 Å². The smallest absolute Gasteiger partial charge is 0.341 e. The predicted octanol–water partition coefficient (Wildman–Crippen LogP) is 3.73. The number of Topliss-reactive ketones (excluding diaryl/α,β-unsaturated/α-hetero) is 1. The van der Waals surface area contributed by atoms with E-state index in [1.807, 2.05) is 0 Å². The van der Waals surface area contributed by atoms with Crippen molar-refractivity contribution >= 4 is 37.5 Å². The van der Waals surface area contributed by atoms with Gasteiger partial charge in [-0.25, -0.2) is 4.79 Å². The molecular weight excluding hydrogens is 292 g/mol. The maximum absolute atomic E-state index is 12.0. The van der Waals surface area contributed by atoms with Crippen LogP contribution in [0.5, 0.6) is 0 Å². The number of rotatable bonds is 5. The van der Waals surface area contributed by atoms with Crippen molar-refractivity contribution in [2.45, 2.75) is 26.6 Å². The lowest BCUT2D eigenvalue weighted by Crippen LogP contribution is -2.30. The SMILES string of the molecule is CC(=O)C(=Cc1cccc(Cl)c1)C(=O)OC[Si](C)(C)C. The molecule has 1 aromatic carbocycles. The fourth-order valence-corrected chi connectivity index (χ4v) is 2.19. The highest BCUT2D eigenvalue weighted by molar-refractivity contribution is 6.76. The van der Waals surface area contributed by atoms with E-state index in [-0.39, 0.29) is 11.4 Å². The minimum atomic E-state index is -1.50. The molecule has 0 aromatic heterocycles. The molecule has 1 rings (SSSR count). The Morgan fingerprint density at radius 2 is 1.95 bits per heavy atom. The molecule has 0 aliphatic carbocycles. The summed E-state index contributed by atoms with van der Waals surface area (Å²) in [7, 11) is -1.50. The van der Waals surface area contributed by atoms with Crippen molar-refractivity contribution in [3.63, 3.8) is 0 Å². The maximum Gasteiger partial charge on any atom is 0.341 e. The van der Waals surface area contributed by atoms with Gasteiger partial charge in [0.05, 0.1) is 14.3 Å². The Bertz CT molecular complexity index is 544. The van der Waals surface area contributed by atoms with Gasteiger partial charge in [0.25, 0.3) is 0 Å². The van der Waals surface area contributed by atoms with E-state index >= 15 is 0 Å². The second-order valence-electron chi connectivity index (χ2n) is 5.81. The highest BCUT2D eigenvalue weighted by Gasteiger charge is 2.20.